The number of hydrogen-bond donors (Lipinski definition) is 2. The second kappa shape index (κ2) is 5.47. The molecule has 20 heavy (non-hydrogen) atoms. The zero-order chi connectivity index (χ0) is 14.9. The number of nitrogens with zero attached hydrogens (tertiary/aromatic N) is 1. The maximum absolute atomic E-state index is 13.3. The van der Waals surface area contributed by atoms with Crippen molar-refractivity contribution in [1.29, 1.82) is 0 Å². The molecule has 0 saturated carbocycles. The predicted octanol–water partition coefficient (Wildman–Crippen LogP) is 0.493. The molecule has 1 aromatic rings. The first kappa shape index (κ1) is 14.9. The predicted molar refractivity (Wildman–Crippen MR) is 69.3 cm³/mol. The van der Waals surface area contributed by atoms with E-state index in [1.165, 1.54) is 4.31 Å². The fourth-order valence-electron chi connectivity index (χ4n) is 2.19. The van der Waals surface area contributed by atoms with Crippen LogP contribution >= 0.6 is 0 Å². The van der Waals surface area contributed by atoms with E-state index >= 15 is 0 Å². The molecule has 8 heteroatoms. The lowest BCUT2D eigenvalue weighted by atomic mass is 10.1. The maximum atomic E-state index is 13.3. The molecule has 1 unspecified atom stereocenters. The van der Waals surface area contributed by atoms with Crippen LogP contribution in [0.1, 0.15) is 16.8 Å². The van der Waals surface area contributed by atoms with Crippen LogP contribution in [0, 0.1) is 11.7 Å². The van der Waals surface area contributed by atoms with Crippen LogP contribution in [0.5, 0.6) is 0 Å². The normalized spacial score (nSPS) is 20.2. The Hall–Kier alpha value is -1.51. The van der Waals surface area contributed by atoms with E-state index in [0.717, 1.165) is 18.2 Å². The summed E-state index contributed by atoms with van der Waals surface area (Å²) in [6.07, 6.45) is 0.669. The second-order valence-electron chi connectivity index (χ2n) is 4.70. The standard InChI is InChI=1S/C12H15FN2O4S/c13-11-2-1-9(5-10(11)12(16)17)20(18,19)15-4-3-8(6-14)7-15/h1-2,5,8H,3-4,6-7,14H2,(H,16,17). The van der Waals surface area contributed by atoms with Gasteiger partial charge in [-0.05, 0) is 37.1 Å². The monoisotopic (exact) mass is 302 g/mol. The van der Waals surface area contributed by atoms with Crippen LogP contribution in [0.15, 0.2) is 23.1 Å². The van der Waals surface area contributed by atoms with Crippen LogP contribution in [0.2, 0.25) is 0 Å². The summed E-state index contributed by atoms with van der Waals surface area (Å²) in [5.41, 5.74) is 4.86. The molecule has 1 fully saturated rings. The van der Waals surface area contributed by atoms with E-state index in [4.69, 9.17) is 10.8 Å². The lowest BCUT2D eigenvalue weighted by Crippen LogP contribution is -2.30. The highest BCUT2D eigenvalue weighted by Gasteiger charge is 2.32. The van der Waals surface area contributed by atoms with Gasteiger partial charge in [-0.2, -0.15) is 4.31 Å². The van der Waals surface area contributed by atoms with Crippen molar-refractivity contribution in [2.45, 2.75) is 11.3 Å². The number of sulfonamides is 1. The molecule has 0 amide bonds. The van der Waals surface area contributed by atoms with E-state index in [-0.39, 0.29) is 10.8 Å². The van der Waals surface area contributed by atoms with Crippen molar-refractivity contribution >= 4 is 16.0 Å². The SMILES string of the molecule is NCC1CCN(S(=O)(=O)c2ccc(F)c(C(=O)O)c2)C1. The third-order valence-electron chi connectivity index (χ3n) is 3.39. The lowest BCUT2D eigenvalue weighted by molar-refractivity contribution is 0.0691. The summed E-state index contributed by atoms with van der Waals surface area (Å²) >= 11 is 0. The molecule has 1 aliphatic rings. The molecule has 1 heterocycles. The molecule has 1 aromatic carbocycles. The van der Waals surface area contributed by atoms with E-state index in [9.17, 15) is 17.6 Å². The van der Waals surface area contributed by atoms with Crippen LogP contribution in [-0.2, 0) is 10.0 Å². The average Bonchev–Trinajstić information content (AvgIpc) is 2.88. The number of nitrogens with two attached hydrogens (primary N) is 1. The van der Waals surface area contributed by atoms with Crippen LogP contribution in [0.25, 0.3) is 0 Å². The Balaban J connectivity index is 2.35. The minimum absolute atomic E-state index is 0.101. The largest absolute Gasteiger partial charge is 0.478 e. The van der Waals surface area contributed by atoms with Gasteiger partial charge in [-0.25, -0.2) is 17.6 Å². The molecule has 1 aliphatic heterocycles. The van der Waals surface area contributed by atoms with Crippen LogP contribution in [0.4, 0.5) is 4.39 Å². The van der Waals surface area contributed by atoms with Crippen molar-refractivity contribution < 1.29 is 22.7 Å². The van der Waals surface area contributed by atoms with Crippen LogP contribution in [-0.4, -0.2) is 43.4 Å². The molecular formula is C12H15FN2O4S. The summed E-state index contributed by atoms with van der Waals surface area (Å²) in [4.78, 5) is 10.6. The van der Waals surface area contributed by atoms with Gasteiger partial charge in [-0.3, -0.25) is 0 Å². The number of carboxylic acids is 1. The number of carbonyl (C=O) groups is 1. The van der Waals surface area contributed by atoms with Crippen molar-refractivity contribution in [2.75, 3.05) is 19.6 Å². The first-order chi connectivity index (χ1) is 9.36. The first-order valence-electron chi connectivity index (χ1n) is 6.09. The Kier molecular flexibility index (Phi) is 4.07. The first-order valence-corrected chi connectivity index (χ1v) is 7.53. The van der Waals surface area contributed by atoms with Crippen molar-refractivity contribution in [2.24, 2.45) is 11.7 Å². The van der Waals surface area contributed by atoms with Gasteiger partial charge < -0.3 is 10.8 Å². The number of carboxylic acid groups (broad SMARTS) is 1. The summed E-state index contributed by atoms with van der Waals surface area (Å²) in [6.45, 7) is 1.04. The molecule has 6 nitrogen and oxygen atoms in total. The number of hydrogen-bond acceptors (Lipinski definition) is 4. The molecule has 2 rings (SSSR count). The Bertz CT molecular complexity index is 632. The third-order valence-corrected chi connectivity index (χ3v) is 5.25. The van der Waals surface area contributed by atoms with Crippen LogP contribution in [0.3, 0.4) is 0 Å². The highest BCUT2D eigenvalue weighted by molar-refractivity contribution is 7.89. The van der Waals surface area contributed by atoms with Gasteiger partial charge in [0.05, 0.1) is 10.5 Å². The molecular weight excluding hydrogens is 287 g/mol. The fraction of sp³-hybridized carbons (Fsp3) is 0.417. The fourth-order valence-corrected chi connectivity index (χ4v) is 3.74. The Morgan fingerprint density at radius 2 is 2.20 bits per heavy atom. The Morgan fingerprint density at radius 1 is 1.50 bits per heavy atom. The summed E-state index contributed by atoms with van der Waals surface area (Å²) in [5, 5.41) is 8.84. The van der Waals surface area contributed by atoms with Gasteiger partial charge in [0, 0.05) is 13.1 Å². The average molecular weight is 302 g/mol. The van der Waals surface area contributed by atoms with Gasteiger partial charge in [0.25, 0.3) is 0 Å². The minimum atomic E-state index is -3.81. The van der Waals surface area contributed by atoms with Gasteiger partial charge in [0.15, 0.2) is 0 Å². The van der Waals surface area contributed by atoms with E-state index in [0.29, 0.717) is 26.1 Å². The molecule has 1 atom stereocenters. The molecule has 0 aliphatic carbocycles. The topological polar surface area (TPSA) is 101 Å². The lowest BCUT2D eigenvalue weighted by Gasteiger charge is -2.16. The zero-order valence-corrected chi connectivity index (χ0v) is 11.4. The number of aromatic carboxylic acids is 1. The molecule has 110 valence electrons. The van der Waals surface area contributed by atoms with E-state index in [2.05, 4.69) is 0 Å². The molecule has 0 spiro atoms. The summed E-state index contributed by atoms with van der Waals surface area (Å²) in [7, 11) is -3.81. The Morgan fingerprint density at radius 3 is 2.75 bits per heavy atom. The quantitative estimate of drug-likeness (QED) is 0.843. The number of benzene rings is 1. The minimum Gasteiger partial charge on any atom is -0.478 e. The highest BCUT2D eigenvalue weighted by atomic mass is 32.2. The van der Waals surface area contributed by atoms with Crippen molar-refractivity contribution in [3.8, 4) is 0 Å². The maximum Gasteiger partial charge on any atom is 0.338 e. The van der Waals surface area contributed by atoms with Gasteiger partial charge in [0.1, 0.15) is 5.82 Å². The van der Waals surface area contributed by atoms with E-state index < -0.39 is 27.4 Å². The van der Waals surface area contributed by atoms with Crippen molar-refractivity contribution in [3.63, 3.8) is 0 Å². The van der Waals surface area contributed by atoms with Gasteiger partial charge >= 0.3 is 5.97 Å². The molecule has 0 bridgehead atoms. The second-order valence-corrected chi connectivity index (χ2v) is 6.64. The van der Waals surface area contributed by atoms with Gasteiger partial charge in [-0.15, -0.1) is 0 Å². The number of halogens is 1. The summed E-state index contributed by atoms with van der Waals surface area (Å²) in [6, 6.07) is 2.78. The molecule has 1 saturated heterocycles. The summed E-state index contributed by atoms with van der Waals surface area (Å²) in [5.74, 6) is -2.36. The molecule has 0 radical (unpaired) electrons. The van der Waals surface area contributed by atoms with Crippen molar-refractivity contribution in [3.05, 3.63) is 29.6 Å². The third kappa shape index (κ3) is 2.67. The van der Waals surface area contributed by atoms with E-state index in [1.54, 1.807) is 0 Å². The van der Waals surface area contributed by atoms with E-state index in [1.807, 2.05) is 0 Å². The van der Waals surface area contributed by atoms with Crippen molar-refractivity contribution in [1.82, 2.24) is 4.31 Å². The Labute approximate surface area is 116 Å². The molecule has 3 N–H and O–H groups in total. The van der Waals surface area contributed by atoms with Gasteiger partial charge in [-0.1, -0.05) is 0 Å². The zero-order valence-electron chi connectivity index (χ0n) is 10.6. The van der Waals surface area contributed by atoms with Gasteiger partial charge in [0.2, 0.25) is 10.0 Å². The van der Waals surface area contributed by atoms with Crippen LogP contribution < -0.4 is 5.73 Å². The summed E-state index contributed by atoms with van der Waals surface area (Å²) < 4.78 is 39.3. The highest BCUT2D eigenvalue weighted by Crippen LogP contribution is 2.25. The number of rotatable bonds is 4. The smallest absolute Gasteiger partial charge is 0.338 e. The molecule has 0 aromatic heterocycles.